The largest absolute Gasteiger partial charge is 0.497 e. The minimum Gasteiger partial charge on any atom is -0.497 e. The standard InChI is InChI=1S/C15H17BrN2O/c1-18(11-6-8-12(19-2)9-7-11)15-5-3-4-14(16)13(15)10-17/h3-9H,10,17H2,1-2H3. The van der Waals surface area contributed by atoms with Gasteiger partial charge in [0, 0.05) is 35.0 Å². The highest BCUT2D eigenvalue weighted by atomic mass is 79.9. The van der Waals surface area contributed by atoms with Crippen LogP contribution in [0.5, 0.6) is 5.75 Å². The summed E-state index contributed by atoms with van der Waals surface area (Å²) in [5.41, 5.74) is 9.12. The Labute approximate surface area is 122 Å². The Hall–Kier alpha value is -1.52. The number of ether oxygens (including phenoxy) is 1. The van der Waals surface area contributed by atoms with Crippen molar-refractivity contribution in [3.8, 4) is 5.75 Å². The summed E-state index contributed by atoms with van der Waals surface area (Å²) in [5, 5.41) is 0. The smallest absolute Gasteiger partial charge is 0.119 e. The summed E-state index contributed by atoms with van der Waals surface area (Å²) in [4.78, 5) is 2.12. The predicted molar refractivity (Wildman–Crippen MR) is 83.1 cm³/mol. The molecule has 4 heteroatoms. The molecule has 0 unspecified atom stereocenters. The molecule has 0 aromatic heterocycles. The Morgan fingerprint density at radius 1 is 1.16 bits per heavy atom. The second kappa shape index (κ2) is 6.08. The van der Waals surface area contributed by atoms with Gasteiger partial charge in [-0.25, -0.2) is 0 Å². The first-order chi connectivity index (χ1) is 9.17. The third-order valence-electron chi connectivity index (χ3n) is 3.12. The van der Waals surface area contributed by atoms with Gasteiger partial charge in [0.1, 0.15) is 5.75 Å². The SMILES string of the molecule is COc1ccc(N(C)c2cccc(Br)c2CN)cc1. The van der Waals surface area contributed by atoms with Crippen molar-refractivity contribution in [3.63, 3.8) is 0 Å². The molecule has 0 radical (unpaired) electrons. The van der Waals surface area contributed by atoms with Gasteiger partial charge in [0.25, 0.3) is 0 Å². The number of hydrogen-bond donors (Lipinski definition) is 1. The molecule has 0 saturated carbocycles. The molecule has 0 fully saturated rings. The van der Waals surface area contributed by atoms with Gasteiger partial charge in [0.2, 0.25) is 0 Å². The van der Waals surface area contributed by atoms with Gasteiger partial charge in [0.05, 0.1) is 7.11 Å². The van der Waals surface area contributed by atoms with E-state index in [2.05, 4.69) is 26.9 Å². The zero-order valence-electron chi connectivity index (χ0n) is 11.1. The normalized spacial score (nSPS) is 10.3. The molecule has 0 aliphatic heterocycles. The van der Waals surface area contributed by atoms with Crippen LogP contribution in [-0.2, 0) is 6.54 Å². The molecular weight excluding hydrogens is 304 g/mol. The molecule has 0 aliphatic rings. The average molecular weight is 321 g/mol. The van der Waals surface area contributed by atoms with Crippen LogP contribution in [0.3, 0.4) is 0 Å². The molecule has 0 atom stereocenters. The molecule has 2 N–H and O–H groups in total. The molecule has 0 amide bonds. The summed E-state index contributed by atoms with van der Waals surface area (Å²) < 4.78 is 6.21. The summed E-state index contributed by atoms with van der Waals surface area (Å²) in [6, 6.07) is 14.0. The summed E-state index contributed by atoms with van der Waals surface area (Å²) >= 11 is 3.54. The molecule has 0 bridgehead atoms. The fourth-order valence-corrected chi connectivity index (χ4v) is 2.53. The zero-order valence-corrected chi connectivity index (χ0v) is 12.6. The summed E-state index contributed by atoms with van der Waals surface area (Å²) in [6.07, 6.45) is 0. The molecule has 2 aromatic carbocycles. The van der Waals surface area contributed by atoms with Crippen molar-refractivity contribution in [1.29, 1.82) is 0 Å². The maximum atomic E-state index is 5.84. The second-order valence-electron chi connectivity index (χ2n) is 4.20. The van der Waals surface area contributed by atoms with Crippen molar-refractivity contribution in [1.82, 2.24) is 0 Å². The maximum absolute atomic E-state index is 5.84. The van der Waals surface area contributed by atoms with Crippen molar-refractivity contribution >= 4 is 27.3 Å². The van der Waals surface area contributed by atoms with Gasteiger partial charge in [-0.05, 0) is 36.4 Å². The molecule has 0 heterocycles. The van der Waals surface area contributed by atoms with Crippen LogP contribution in [0.15, 0.2) is 46.9 Å². The van der Waals surface area contributed by atoms with E-state index in [-0.39, 0.29) is 0 Å². The molecule has 19 heavy (non-hydrogen) atoms. The van der Waals surface area contributed by atoms with E-state index in [9.17, 15) is 0 Å². The molecular formula is C15H17BrN2O. The van der Waals surface area contributed by atoms with E-state index >= 15 is 0 Å². The van der Waals surface area contributed by atoms with Crippen molar-refractivity contribution < 1.29 is 4.74 Å². The summed E-state index contributed by atoms with van der Waals surface area (Å²) in [7, 11) is 3.70. The van der Waals surface area contributed by atoms with E-state index in [1.807, 2.05) is 43.4 Å². The Morgan fingerprint density at radius 3 is 2.42 bits per heavy atom. The number of anilines is 2. The Morgan fingerprint density at radius 2 is 1.84 bits per heavy atom. The van der Waals surface area contributed by atoms with Crippen molar-refractivity contribution in [2.24, 2.45) is 5.73 Å². The predicted octanol–water partition coefficient (Wildman–Crippen LogP) is 3.68. The van der Waals surface area contributed by atoms with Gasteiger partial charge in [-0.2, -0.15) is 0 Å². The topological polar surface area (TPSA) is 38.5 Å². The van der Waals surface area contributed by atoms with Gasteiger partial charge in [-0.3, -0.25) is 0 Å². The highest BCUT2D eigenvalue weighted by Crippen LogP contribution is 2.32. The van der Waals surface area contributed by atoms with Crippen molar-refractivity contribution in [2.75, 3.05) is 19.1 Å². The molecule has 0 saturated heterocycles. The number of nitrogens with two attached hydrogens (primary N) is 1. The number of benzene rings is 2. The van der Waals surface area contributed by atoms with Crippen LogP contribution >= 0.6 is 15.9 Å². The fourth-order valence-electron chi connectivity index (χ4n) is 2.01. The van der Waals surface area contributed by atoms with E-state index in [0.29, 0.717) is 6.54 Å². The van der Waals surface area contributed by atoms with Crippen LogP contribution in [0.4, 0.5) is 11.4 Å². The molecule has 2 rings (SSSR count). The Kier molecular flexibility index (Phi) is 4.45. The average Bonchev–Trinajstić information content (AvgIpc) is 2.46. The fraction of sp³-hybridized carbons (Fsp3) is 0.200. The number of rotatable bonds is 4. The number of halogens is 1. The van der Waals surface area contributed by atoms with E-state index < -0.39 is 0 Å². The van der Waals surface area contributed by atoms with E-state index in [0.717, 1.165) is 27.2 Å². The van der Waals surface area contributed by atoms with Crippen LogP contribution in [0.2, 0.25) is 0 Å². The lowest BCUT2D eigenvalue weighted by molar-refractivity contribution is 0.415. The van der Waals surface area contributed by atoms with Crippen LogP contribution in [-0.4, -0.2) is 14.2 Å². The van der Waals surface area contributed by atoms with Crippen LogP contribution in [0.25, 0.3) is 0 Å². The highest BCUT2D eigenvalue weighted by Gasteiger charge is 2.10. The van der Waals surface area contributed by atoms with E-state index in [1.54, 1.807) is 7.11 Å². The third-order valence-corrected chi connectivity index (χ3v) is 3.86. The maximum Gasteiger partial charge on any atom is 0.119 e. The second-order valence-corrected chi connectivity index (χ2v) is 5.05. The van der Waals surface area contributed by atoms with Gasteiger partial charge in [-0.1, -0.05) is 22.0 Å². The summed E-state index contributed by atoms with van der Waals surface area (Å²) in [6.45, 7) is 0.497. The molecule has 100 valence electrons. The van der Waals surface area contributed by atoms with E-state index in [4.69, 9.17) is 10.5 Å². The molecule has 2 aromatic rings. The van der Waals surface area contributed by atoms with Crippen molar-refractivity contribution in [3.05, 3.63) is 52.5 Å². The Balaban J connectivity index is 2.37. The quantitative estimate of drug-likeness (QED) is 0.933. The third kappa shape index (κ3) is 2.91. The van der Waals surface area contributed by atoms with Crippen LogP contribution in [0, 0.1) is 0 Å². The van der Waals surface area contributed by atoms with E-state index in [1.165, 1.54) is 0 Å². The monoisotopic (exact) mass is 320 g/mol. The van der Waals surface area contributed by atoms with Crippen molar-refractivity contribution in [2.45, 2.75) is 6.54 Å². The van der Waals surface area contributed by atoms with Gasteiger partial charge < -0.3 is 15.4 Å². The molecule has 3 nitrogen and oxygen atoms in total. The Bertz CT molecular complexity index is 555. The van der Waals surface area contributed by atoms with Gasteiger partial charge >= 0.3 is 0 Å². The highest BCUT2D eigenvalue weighted by molar-refractivity contribution is 9.10. The first kappa shape index (κ1) is 13.9. The number of nitrogens with zero attached hydrogens (tertiary/aromatic N) is 1. The van der Waals surface area contributed by atoms with Crippen LogP contribution in [0.1, 0.15) is 5.56 Å². The first-order valence-corrected chi connectivity index (χ1v) is 6.82. The minimum absolute atomic E-state index is 0.497. The van der Waals surface area contributed by atoms with Gasteiger partial charge in [0.15, 0.2) is 0 Å². The molecule has 0 spiro atoms. The minimum atomic E-state index is 0.497. The number of hydrogen-bond acceptors (Lipinski definition) is 3. The lowest BCUT2D eigenvalue weighted by Crippen LogP contribution is -2.13. The molecule has 0 aliphatic carbocycles. The lowest BCUT2D eigenvalue weighted by atomic mass is 10.1. The van der Waals surface area contributed by atoms with Crippen LogP contribution < -0.4 is 15.4 Å². The van der Waals surface area contributed by atoms with Gasteiger partial charge in [-0.15, -0.1) is 0 Å². The summed E-state index contributed by atoms with van der Waals surface area (Å²) in [5.74, 6) is 0.852. The first-order valence-electron chi connectivity index (χ1n) is 6.02. The zero-order chi connectivity index (χ0) is 13.8. The number of methoxy groups -OCH3 is 1. The lowest BCUT2D eigenvalue weighted by Gasteiger charge is -2.23.